The van der Waals surface area contributed by atoms with Gasteiger partial charge in [0.15, 0.2) is 0 Å². The lowest BCUT2D eigenvalue weighted by molar-refractivity contribution is 0.334. The summed E-state index contributed by atoms with van der Waals surface area (Å²) in [5.41, 5.74) is 5.84. The van der Waals surface area contributed by atoms with E-state index < -0.39 is 0 Å². The fraction of sp³-hybridized carbons (Fsp3) is 0.875. The standard InChI is InChI=1S/C16H30N4/c1-12(8-7-9-13(2)17)16-19-18-14(3)20(16)15-10-5-4-6-11-15/h12-13,15H,4-11,17H2,1-3H3. The van der Waals surface area contributed by atoms with Crippen LogP contribution in [0.5, 0.6) is 0 Å². The SMILES string of the molecule is Cc1nnc(C(C)CCCC(C)N)n1C1CCCCC1. The maximum absolute atomic E-state index is 5.84. The fourth-order valence-electron chi connectivity index (χ4n) is 3.39. The van der Waals surface area contributed by atoms with Gasteiger partial charge in [-0.3, -0.25) is 0 Å². The van der Waals surface area contributed by atoms with E-state index in [-0.39, 0.29) is 0 Å². The van der Waals surface area contributed by atoms with Gasteiger partial charge in [-0.15, -0.1) is 10.2 Å². The molecule has 0 bridgehead atoms. The van der Waals surface area contributed by atoms with E-state index >= 15 is 0 Å². The Morgan fingerprint density at radius 3 is 2.50 bits per heavy atom. The fourth-order valence-corrected chi connectivity index (χ4v) is 3.39. The number of aromatic nitrogens is 3. The van der Waals surface area contributed by atoms with Crippen molar-refractivity contribution in [1.82, 2.24) is 14.8 Å². The smallest absolute Gasteiger partial charge is 0.136 e. The number of nitrogens with two attached hydrogens (primary N) is 1. The summed E-state index contributed by atoms with van der Waals surface area (Å²) in [4.78, 5) is 0. The highest BCUT2D eigenvalue weighted by Crippen LogP contribution is 2.32. The second-order valence-electron chi connectivity index (χ2n) is 6.58. The van der Waals surface area contributed by atoms with Gasteiger partial charge in [0.2, 0.25) is 0 Å². The Balaban J connectivity index is 2.03. The minimum atomic E-state index is 0.306. The van der Waals surface area contributed by atoms with Crippen molar-refractivity contribution < 1.29 is 0 Å². The largest absolute Gasteiger partial charge is 0.328 e. The Kier molecular flexibility index (Phi) is 5.58. The molecule has 4 heteroatoms. The molecule has 0 aliphatic heterocycles. The average Bonchev–Trinajstić information content (AvgIpc) is 2.81. The van der Waals surface area contributed by atoms with Crippen LogP contribution in [0.1, 0.15) is 88.8 Å². The van der Waals surface area contributed by atoms with Crippen LogP contribution in [-0.2, 0) is 0 Å². The predicted octanol–water partition coefficient (Wildman–Crippen LogP) is 3.71. The van der Waals surface area contributed by atoms with Crippen LogP contribution in [0.4, 0.5) is 0 Å². The van der Waals surface area contributed by atoms with Crippen LogP contribution < -0.4 is 5.73 Å². The zero-order chi connectivity index (χ0) is 14.5. The van der Waals surface area contributed by atoms with Gasteiger partial charge in [0.05, 0.1) is 0 Å². The lowest BCUT2D eigenvalue weighted by atomic mass is 9.94. The Morgan fingerprint density at radius 2 is 1.85 bits per heavy atom. The lowest BCUT2D eigenvalue weighted by Crippen LogP contribution is -2.19. The summed E-state index contributed by atoms with van der Waals surface area (Å²) in [6.07, 6.45) is 10.1. The van der Waals surface area contributed by atoms with E-state index in [1.54, 1.807) is 0 Å². The molecule has 1 fully saturated rings. The van der Waals surface area contributed by atoms with E-state index in [2.05, 4.69) is 35.5 Å². The molecule has 0 spiro atoms. The van der Waals surface area contributed by atoms with Gasteiger partial charge in [-0.2, -0.15) is 0 Å². The summed E-state index contributed by atoms with van der Waals surface area (Å²) in [5, 5.41) is 8.81. The summed E-state index contributed by atoms with van der Waals surface area (Å²) in [5.74, 6) is 2.77. The first-order valence-electron chi connectivity index (χ1n) is 8.26. The van der Waals surface area contributed by atoms with E-state index in [1.807, 2.05) is 0 Å². The molecule has 4 nitrogen and oxygen atoms in total. The van der Waals surface area contributed by atoms with Crippen molar-refractivity contribution in [1.29, 1.82) is 0 Å². The van der Waals surface area contributed by atoms with Crippen LogP contribution >= 0.6 is 0 Å². The molecule has 1 aliphatic rings. The van der Waals surface area contributed by atoms with Crippen molar-refractivity contribution in [3.8, 4) is 0 Å². The van der Waals surface area contributed by atoms with Gasteiger partial charge in [-0.05, 0) is 39.5 Å². The predicted molar refractivity (Wildman–Crippen MR) is 82.8 cm³/mol. The highest BCUT2D eigenvalue weighted by molar-refractivity contribution is 5.03. The topological polar surface area (TPSA) is 56.7 Å². The van der Waals surface area contributed by atoms with Gasteiger partial charge in [-0.25, -0.2) is 0 Å². The molecule has 0 radical (unpaired) electrons. The van der Waals surface area contributed by atoms with Crippen LogP contribution in [0.15, 0.2) is 0 Å². The van der Waals surface area contributed by atoms with Gasteiger partial charge in [0, 0.05) is 18.0 Å². The molecule has 2 rings (SSSR count). The highest BCUT2D eigenvalue weighted by Gasteiger charge is 2.23. The van der Waals surface area contributed by atoms with Crippen LogP contribution in [0.2, 0.25) is 0 Å². The number of hydrogen-bond acceptors (Lipinski definition) is 3. The van der Waals surface area contributed by atoms with Crippen molar-refractivity contribution in [2.24, 2.45) is 5.73 Å². The number of nitrogens with zero attached hydrogens (tertiary/aromatic N) is 3. The second-order valence-corrected chi connectivity index (χ2v) is 6.58. The van der Waals surface area contributed by atoms with E-state index in [1.165, 1.54) is 44.3 Å². The van der Waals surface area contributed by atoms with Crippen molar-refractivity contribution >= 4 is 0 Å². The molecule has 2 unspecified atom stereocenters. The quantitative estimate of drug-likeness (QED) is 0.863. The maximum atomic E-state index is 5.84. The summed E-state index contributed by atoms with van der Waals surface area (Å²) in [6.45, 7) is 6.46. The van der Waals surface area contributed by atoms with Crippen molar-refractivity contribution in [2.75, 3.05) is 0 Å². The zero-order valence-electron chi connectivity index (χ0n) is 13.3. The molecule has 1 aromatic rings. The second kappa shape index (κ2) is 7.21. The van der Waals surface area contributed by atoms with E-state index in [0.29, 0.717) is 18.0 Å². The molecule has 114 valence electrons. The van der Waals surface area contributed by atoms with Gasteiger partial charge < -0.3 is 10.3 Å². The number of aryl methyl sites for hydroxylation is 1. The first-order valence-corrected chi connectivity index (χ1v) is 8.26. The minimum Gasteiger partial charge on any atom is -0.328 e. The molecule has 1 aromatic heterocycles. The highest BCUT2D eigenvalue weighted by atomic mass is 15.3. The number of rotatable bonds is 6. The molecule has 2 N–H and O–H groups in total. The van der Waals surface area contributed by atoms with Crippen LogP contribution in [0.25, 0.3) is 0 Å². The summed E-state index contributed by atoms with van der Waals surface area (Å²) >= 11 is 0. The van der Waals surface area contributed by atoms with Crippen LogP contribution in [-0.4, -0.2) is 20.8 Å². The Labute approximate surface area is 123 Å². The molecule has 1 saturated carbocycles. The maximum Gasteiger partial charge on any atom is 0.136 e. The monoisotopic (exact) mass is 278 g/mol. The summed E-state index contributed by atoms with van der Waals surface area (Å²) < 4.78 is 2.43. The summed E-state index contributed by atoms with van der Waals surface area (Å²) in [7, 11) is 0. The Hall–Kier alpha value is -0.900. The molecule has 1 heterocycles. The molecule has 20 heavy (non-hydrogen) atoms. The molecular weight excluding hydrogens is 248 g/mol. The van der Waals surface area contributed by atoms with Gasteiger partial charge in [0.25, 0.3) is 0 Å². The molecule has 1 aliphatic carbocycles. The van der Waals surface area contributed by atoms with Gasteiger partial charge in [-0.1, -0.05) is 32.6 Å². The molecular formula is C16H30N4. The first-order chi connectivity index (χ1) is 9.59. The Morgan fingerprint density at radius 1 is 1.15 bits per heavy atom. The van der Waals surface area contributed by atoms with Crippen molar-refractivity contribution in [3.05, 3.63) is 11.6 Å². The Bertz CT molecular complexity index is 405. The summed E-state index contributed by atoms with van der Waals surface area (Å²) in [6, 6.07) is 0.935. The van der Waals surface area contributed by atoms with Crippen LogP contribution in [0.3, 0.4) is 0 Å². The molecule has 2 atom stereocenters. The third-order valence-corrected chi connectivity index (χ3v) is 4.57. The van der Waals surface area contributed by atoms with E-state index in [0.717, 1.165) is 18.7 Å². The van der Waals surface area contributed by atoms with E-state index in [4.69, 9.17) is 5.73 Å². The molecule has 0 saturated heterocycles. The number of hydrogen-bond donors (Lipinski definition) is 1. The minimum absolute atomic E-state index is 0.306. The zero-order valence-corrected chi connectivity index (χ0v) is 13.3. The third kappa shape index (κ3) is 3.81. The van der Waals surface area contributed by atoms with Crippen LogP contribution in [0, 0.1) is 6.92 Å². The molecule has 0 aromatic carbocycles. The van der Waals surface area contributed by atoms with Gasteiger partial charge >= 0.3 is 0 Å². The van der Waals surface area contributed by atoms with Crippen molar-refractivity contribution in [3.63, 3.8) is 0 Å². The third-order valence-electron chi connectivity index (χ3n) is 4.57. The van der Waals surface area contributed by atoms with Crippen molar-refractivity contribution in [2.45, 2.75) is 90.1 Å². The lowest BCUT2D eigenvalue weighted by Gasteiger charge is -2.26. The van der Waals surface area contributed by atoms with Gasteiger partial charge in [0.1, 0.15) is 11.6 Å². The average molecular weight is 278 g/mol. The normalized spacial score (nSPS) is 20.0. The molecule has 0 amide bonds. The van der Waals surface area contributed by atoms with E-state index in [9.17, 15) is 0 Å². The first kappa shape index (κ1) is 15.5.